The number of hydrogen-bond acceptors (Lipinski definition) is 5. The molecule has 1 aromatic carbocycles. The maximum atomic E-state index is 8.58. The normalized spacial score (nSPS) is 13.0. The first-order valence-corrected chi connectivity index (χ1v) is 5.24. The third-order valence-corrected chi connectivity index (χ3v) is 3.18. The Morgan fingerprint density at radius 3 is 3.00 bits per heavy atom. The number of aromatic nitrogens is 1. The summed E-state index contributed by atoms with van der Waals surface area (Å²) < 4.78 is 11.6. The molecule has 2 heterocycles. The average Bonchev–Trinajstić information content (AvgIpc) is 2.78. The van der Waals surface area contributed by atoms with E-state index in [1.807, 2.05) is 12.1 Å². The predicted octanol–water partition coefficient (Wildman–Crippen LogP) is 2.09. The third kappa shape index (κ3) is 1.30. The molecule has 2 aromatic rings. The molecule has 0 spiro atoms. The van der Waals surface area contributed by atoms with Gasteiger partial charge in [0.2, 0.25) is 6.79 Å². The minimum Gasteiger partial charge on any atom is -0.454 e. The first kappa shape index (κ1) is 8.50. The van der Waals surface area contributed by atoms with Gasteiger partial charge in [0.15, 0.2) is 11.5 Å². The fraction of sp³-hybridized carbons (Fsp3) is 0.200. The molecule has 4 nitrogen and oxygen atoms in total. The molecule has 0 atom stereocenters. The van der Waals surface area contributed by atoms with Crippen LogP contribution in [0.2, 0.25) is 0 Å². The molecule has 15 heavy (non-hydrogen) atoms. The molecule has 0 aliphatic carbocycles. The number of rotatable bonds is 1. The van der Waals surface area contributed by atoms with E-state index in [-0.39, 0.29) is 6.79 Å². The summed E-state index contributed by atoms with van der Waals surface area (Å²) >= 11 is 1.52. The second-order valence-corrected chi connectivity index (χ2v) is 4.23. The molecule has 0 bridgehead atoms. The van der Waals surface area contributed by atoms with Gasteiger partial charge >= 0.3 is 0 Å². The van der Waals surface area contributed by atoms with Gasteiger partial charge in [0.05, 0.1) is 22.7 Å². The first-order valence-electron chi connectivity index (χ1n) is 4.43. The van der Waals surface area contributed by atoms with Crippen molar-refractivity contribution < 1.29 is 9.47 Å². The topological polar surface area (TPSA) is 55.1 Å². The fourth-order valence-corrected chi connectivity index (χ4v) is 2.42. The van der Waals surface area contributed by atoms with Crippen LogP contribution >= 0.6 is 11.3 Å². The fourth-order valence-electron chi connectivity index (χ4n) is 1.51. The Morgan fingerprint density at radius 2 is 2.20 bits per heavy atom. The van der Waals surface area contributed by atoms with E-state index in [0.29, 0.717) is 6.42 Å². The van der Waals surface area contributed by atoms with Crippen LogP contribution in [0.3, 0.4) is 0 Å². The monoisotopic (exact) mass is 218 g/mol. The van der Waals surface area contributed by atoms with Crippen LogP contribution in [-0.2, 0) is 6.42 Å². The first-order chi connectivity index (χ1) is 7.36. The summed E-state index contributed by atoms with van der Waals surface area (Å²) in [5.41, 5.74) is 0.870. The van der Waals surface area contributed by atoms with Crippen LogP contribution in [0, 0.1) is 11.3 Å². The van der Waals surface area contributed by atoms with Crippen molar-refractivity contribution in [2.75, 3.05) is 6.79 Å². The Balaban J connectivity index is 2.17. The van der Waals surface area contributed by atoms with Crippen molar-refractivity contribution in [2.45, 2.75) is 6.42 Å². The molecule has 5 heteroatoms. The minimum atomic E-state index is 0.275. The zero-order chi connectivity index (χ0) is 10.3. The van der Waals surface area contributed by atoms with Crippen LogP contribution in [0.25, 0.3) is 10.2 Å². The van der Waals surface area contributed by atoms with E-state index in [4.69, 9.17) is 14.7 Å². The van der Waals surface area contributed by atoms with Gasteiger partial charge in [-0.25, -0.2) is 4.98 Å². The number of fused-ring (bicyclic) bond motifs is 2. The zero-order valence-electron chi connectivity index (χ0n) is 7.69. The van der Waals surface area contributed by atoms with Crippen LogP contribution in [0.5, 0.6) is 11.5 Å². The lowest BCUT2D eigenvalue weighted by atomic mass is 10.3. The van der Waals surface area contributed by atoms with E-state index >= 15 is 0 Å². The van der Waals surface area contributed by atoms with Crippen molar-refractivity contribution in [1.82, 2.24) is 4.98 Å². The summed E-state index contributed by atoms with van der Waals surface area (Å²) in [7, 11) is 0. The molecule has 74 valence electrons. The molecule has 0 N–H and O–H groups in total. The van der Waals surface area contributed by atoms with E-state index < -0.39 is 0 Å². The van der Waals surface area contributed by atoms with Gasteiger partial charge in [-0.05, 0) is 0 Å². The summed E-state index contributed by atoms with van der Waals surface area (Å²) in [6, 6.07) is 5.86. The lowest BCUT2D eigenvalue weighted by Gasteiger charge is -1.93. The van der Waals surface area contributed by atoms with Gasteiger partial charge in [0.1, 0.15) is 5.01 Å². The number of nitriles is 1. The Bertz CT molecular complexity index is 530. The summed E-state index contributed by atoms with van der Waals surface area (Å²) in [6.45, 7) is 0.275. The van der Waals surface area contributed by atoms with E-state index in [2.05, 4.69) is 11.1 Å². The number of ether oxygens (including phenoxy) is 2. The van der Waals surface area contributed by atoms with Crippen LogP contribution < -0.4 is 9.47 Å². The van der Waals surface area contributed by atoms with E-state index in [1.54, 1.807) is 0 Å². The summed E-state index contributed by atoms with van der Waals surface area (Å²) in [6.07, 6.45) is 0.353. The Hall–Kier alpha value is -1.80. The molecule has 0 saturated carbocycles. The second-order valence-electron chi connectivity index (χ2n) is 3.12. The summed E-state index contributed by atoms with van der Waals surface area (Å²) in [4.78, 5) is 4.34. The van der Waals surface area contributed by atoms with Crippen LogP contribution in [0.4, 0.5) is 0 Å². The van der Waals surface area contributed by atoms with Gasteiger partial charge in [0, 0.05) is 12.1 Å². The molecule has 0 fully saturated rings. The Morgan fingerprint density at radius 1 is 1.40 bits per heavy atom. The Labute approximate surface area is 89.7 Å². The quantitative estimate of drug-likeness (QED) is 0.735. The molecule has 3 rings (SSSR count). The highest BCUT2D eigenvalue weighted by Gasteiger charge is 2.16. The maximum absolute atomic E-state index is 8.58. The summed E-state index contributed by atoms with van der Waals surface area (Å²) in [5.74, 6) is 1.49. The standard InChI is InChI=1S/C10H6N2O2S/c11-2-1-10-12-6-3-7-8(14-5-13-7)4-9(6)15-10/h3-4H,1,5H2. The predicted molar refractivity (Wildman–Crippen MR) is 55.1 cm³/mol. The van der Waals surface area contributed by atoms with E-state index in [9.17, 15) is 0 Å². The van der Waals surface area contributed by atoms with Crippen LogP contribution in [0.1, 0.15) is 5.01 Å². The van der Waals surface area contributed by atoms with Crippen molar-refractivity contribution in [2.24, 2.45) is 0 Å². The lowest BCUT2D eigenvalue weighted by molar-refractivity contribution is 0.174. The average molecular weight is 218 g/mol. The zero-order valence-corrected chi connectivity index (χ0v) is 8.50. The van der Waals surface area contributed by atoms with Crippen molar-refractivity contribution in [3.63, 3.8) is 0 Å². The lowest BCUT2D eigenvalue weighted by Crippen LogP contribution is -1.92. The molecule has 1 aliphatic heterocycles. The molecule has 1 aliphatic rings. The van der Waals surface area contributed by atoms with Crippen molar-refractivity contribution in [1.29, 1.82) is 5.26 Å². The third-order valence-electron chi connectivity index (χ3n) is 2.16. The van der Waals surface area contributed by atoms with Crippen molar-refractivity contribution in [3.05, 3.63) is 17.1 Å². The van der Waals surface area contributed by atoms with Crippen LogP contribution in [0.15, 0.2) is 12.1 Å². The SMILES string of the molecule is N#CCc1nc2cc3c(cc2s1)OCO3. The number of thiazole rings is 1. The van der Waals surface area contributed by atoms with E-state index in [0.717, 1.165) is 26.7 Å². The van der Waals surface area contributed by atoms with Gasteiger partial charge in [-0.15, -0.1) is 11.3 Å². The van der Waals surface area contributed by atoms with Crippen LogP contribution in [-0.4, -0.2) is 11.8 Å². The smallest absolute Gasteiger partial charge is 0.231 e. The molecule has 0 radical (unpaired) electrons. The van der Waals surface area contributed by atoms with E-state index in [1.165, 1.54) is 11.3 Å². The number of hydrogen-bond donors (Lipinski definition) is 0. The molecular weight excluding hydrogens is 212 g/mol. The highest BCUT2D eigenvalue weighted by Crippen LogP contribution is 2.37. The molecular formula is C10H6N2O2S. The van der Waals surface area contributed by atoms with Gasteiger partial charge in [-0.3, -0.25) is 0 Å². The van der Waals surface area contributed by atoms with Crippen molar-refractivity contribution >= 4 is 21.6 Å². The van der Waals surface area contributed by atoms with Crippen molar-refractivity contribution in [3.8, 4) is 17.6 Å². The number of benzene rings is 1. The number of nitrogens with zero attached hydrogens (tertiary/aromatic N) is 2. The minimum absolute atomic E-state index is 0.275. The highest BCUT2D eigenvalue weighted by molar-refractivity contribution is 7.18. The molecule has 0 saturated heterocycles. The van der Waals surface area contributed by atoms with Gasteiger partial charge in [-0.1, -0.05) is 0 Å². The maximum Gasteiger partial charge on any atom is 0.231 e. The second kappa shape index (κ2) is 3.11. The largest absolute Gasteiger partial charge is 0.454 e. The molecule has 0 amide bonds. The summed E-state index contributed by atoms with van der Waals surface area (Å²) in [5, 5.41) is 9.41. The molecule has 0 unspecified atom stereocenters. The Kier molecular flexibility index (Phi) is 1.76. The van der Waals surface area contributed by atoms with Gasteiger partial charge in [0.25, 0.3) is 0 Å². The van der Waals surface area contributed by atoms with Gasteiger partial charge < -0.3 is 9.47 Å². The van der Waals surface area contributed by atoms with Gasteiger partial charge in [-0.2, -0.15) is 5.26 Å². The highest BCUT2D eigenvalue weighted by atomic mass is 32.1. The molecule has 1 aromatic heterocycles.